The molecule has 0 saturated carbocycles. The van der Waals surface area contributed by atoms with Gasteiger partial charge in [-0.3, -0.25) is 0 Å². The summed E-state index contributed by atoms with van der Waals surface area (Å²) in [5.74, 6) is 2.02. The van der Waals surface area contributed by atoms with Crippen molar-refractivity contribution in [3.8, 4) is 5.88 Å². The lowest BCUT2D eigenvalue weighted by Crippen LogP contribution is -2.44. The SMILES string of the molecule is COc1ncnc2c(N3CCOCC3)nc(N3CCNCC3)nc12. The normalized spacial score (nSPS) is 18.9. The predicted octanol–water partition coefficient (Wildman–Crippen LogP) is -0.325. The fourth-order valence-electron chi connectivity index (χ4n) is 3.05. The molecule has 0 amide bonds. The van der Waals surface area contributed by atoms with E-state index in [-0.39, 0.29) is 0 Å². The van der Waals surface area contributed by atoms with Gasteiger partial charge in [0, 0.05) is 39.3 Å². The molecule has 0 bridgehead atoms. The van der Waals surface area contributed by atoms with Crippen molar-refractivity contribution in [3.63, 3.8) is 0 Å². The van der Waals surface area contributed by atoms with Crippen LogP contribution in [-0.2, 0) is 4.74 Å². The van der Waals surface area contributed by atoms with Gasteiger partial charge in [0.2, 0.25) is 11.8 Å². The fraction of sp³-hybridized carbons (Fsp3) is 0.600. The van der Waals surface area contributed by atoms with Gasteiger partial charge in [0.05, 0.1) is 20.3 Å². The van der Waals surface area contributed by atoms with Crippen LogP contribution in [0.15, 0.2) is 6.33 Å². The topological polar surface area (TPSA) is 88.5 Å². The van der Waals surface area contributed by atoms with Gasteiger partial charge in [-0.05, 0) is 0 Å². The van der Waals surface area contributed by atoms with Gasteiger partial charge in [0.1, 0.15) is 11.8 Å². The van der Waals surface area contributed by atoms with Gasteiger partial charge in [-0.15, -0.1) is 0 Å². The molecule has 0 atom stereocenters. The number of nitrogens with one attached hydrogen (secondary N) is 1. The molecule has 2 fully saturated rings. The molecule has 9 nitrogen and oxygen atoms in total. The number of fused-ring (bicyclic) bond motifs is 1. The smallest absolute Gasteiger partial charge is 0.243 e. The Morgan fingerprint density at radius 2 is 1.79 bits per heavy atom. The molecule has 128 valence electrons. The van der Waals surface area contributed by atoms with Crippen molar-refractivity contribution >= 4 is 22.8 Å². The Hall–Kier alpha value is -2.26. The molecular formula is C15H21N7O2. The maximum atomic E-state index is 5.46. The first-order valence-corrected chi connectivity index (χ1v) is 8.22. The summed E-state index contributed by atoms with van der Waals surface area (Å²) in [6, 6.07) is 0. The number of hydrogen-bond acceptors (Lipinski definition) is 9. The van der Waals surface area contributed by atoms with Crippen LogP contribution in [-0.4, -0.2) is 79.5 Å². The van der Waals surface area contributed by atoms with Crippen molar-refractivity contribution in [3.05, 3.63) is 6.33 Å². The van der Waals surface area contributed by atoms with Crippen LogP contribution in [0.3, 0.4) is 0 Å². The highest BCUT2D eigenvalue weighted by molar-refractivity contribution is 5.89. The summed E-state index contributed by atoms with van der Waals surface area (Å²) in [4.78, 5) is 22.5. The summed E-state index contributed by atoms with van der Waals surface area (Å²) < 4.78 is 10.9. The highest BCUT2D eigenvalue weighted by atomic mass is 16.5. The van der Waals surface area contributed by atoms with Gasteiger partial charge < -0.3 is 24.6 Å². The van der Waals surface area contributed by atoms with Crippen LogP contribution < -0.4 is 19.9 Å². The number of rotatable bonds is 3. The lowest BCUT2D eigenvalue weighted by molar-refractivity contribution is 0.122. The van der Waals surface area contributed by atoms with Gasteiger partial charge in [-0.1, -0.05) is 0 Å². The van der Waals surface area contributed by atoms with E-state index in [1.807, 2.05) is 0 Å². The van der Waals surface area contributed by atoms with Crippen molar-refractivity contribution < 1.29 is 9.47 Å². The molecule has 0 spiro atoms. The molecular weight excluding hydrogens is 310 g/mol. The number of ether oxygens (including phenoxy) is 2. The third-order valence-electron chi connectivity index (χ3n) is 4.32. The van der Waals surface area contributed by atoms with Gasteiger partial charge in [-0.25, -0.2) is 9.97 Å². The van der Waals surface area contributed by atoms with Crippen LogP contribution in [0.25, 0.3) is 11.0 Å². The van der Waals surface area contributed by atoms with E-state index in [4.69, 9.17) is 19.4 Å². The molecule has 4 heterocycles. The molecule has 0 unspecified atom stereocenters. The zero-order chi connectivity index (χ0) is 16.4. The van der Waals surface area contributed by atoms with Gasteiger partial charge in [0.25, 0.3) is 0 Å². The third kappa shape index (κ3) is 2.80. The van der Waals surface area contributed by atoms with E-state index in [1.165, 1.54) is 6.33 Å². The summed E-state index contributed by atoms with van der Waals surface area (Å²) >= 11 is 0. The second-order valence-corrected chi connectivity index (χ2v) is 5.76. The highest BCUT2D eigenvalue weighted by Crippen LogP contribution is 2.29. The van der Waals surface area contributed by atoms with E-state index in [9.17, 15) is 0 Å². The number of aromatic nitrogens is 4. The first-order chi connectivity index (χ1) is 11.9. The third-order valence-corrected chi connectivity index (χ3v) is 4.32. The van der Waals surface area contributed by atoms with Crippen molar-refractivity contribution in [2.45, 2.75) is 0 Å². The number of nitrogens with zero attached hydrogens (tertiary/aromatic N) is 6. The molecule has 2 aliphatic rings. The molecule has 4 rings (SSSR count). The number of piperazine rings is 1. The van der Waals surface area contributed by atoms with Crippen molar-refractivity contribution in [2.24, 2.45) is 0 Å². The second-order valence-electron chi connectivity index (χ2n) is 5.76. The van der Waals surface area contributed by atoms with Crippen LogP contribution in [0, 0.1) is 0 Å². The standard InChI is InChI=1S/C15H21N7O2/c1-23-14-12-11(17-10-18-14)13(21-6-8-24-9-7-21)20-15(19-12)22-4-2-16-3-5-22/h10,16H,2-9H2,1H3. The molecule has 2 aromatic rings. The lowest BCUT2D eigenvalue weighted by Gasteiger charge is -2.31. The number of morpholine rings is 1. The van der Waals surface area contributed by atoms with E-state index < -0.39 is 0 Å². The van der Waals surface area contributed by atoms with Crippen molar-refractivity contribution in [1.29, 1.82) is 0 Å². The molecule has 0 aliphatic carbocycles. The molecule has 2 saturated heterocycles. The van der Waals surface area contributed by atoms with Crippen LogP contribution in [0.2, 0.25) is 0 Å². The average molecular weight is 331 g/mol. The highest BCUT2D eigenvalue weighted by Gasteiger charge is 2.23. The molecule has 24 heavy (non-hydrogen) atoms. The predicted molar refractivity (Wildman–Crippen MR) is 89.8 cm³/mol. The van der Waals surface area contributed by atoms with Crippen LogP contribution in [0.5, 0.6) is 5.88 Å². The van der Waals surface area contributed by atoms with E-state index in [1.54, 1.807) is 7.11 Å². The zero-order valence-corrected chi connectivity index (χ0v) is 13.7. The summed E-state index contributed by atoms with van der Waals surface area (Å²) in [5.41, 5.74) is 1.38. The van der Waals surface area contributed by atoms with Crippen molar-refractivity contribution in [2.75, 3.05) is 69.4 Å². The van der Waals surface area contributed by atoms with E-state index in [0.717, 1.165) is 50.6 Å². The summed E-state index contributed by atoms with van der Waals surface area (Å²) in [5, 5.41) is 3.35. The molecule has 0 radical (unpaired) electrons. The molecule has 0 aromatic carbocycles. The number of anilines is 2. The van der Waals surface area contributed by atoms with Crippen molar-refractivity contribution in [1.82, 2.24) is 25.3 Å². The van der Waals surface area contributed by atoms with Gasteiger partial charge in [-0.2, -0.15) is 9.97 Å². The van der Waals surface area contributed by atoms with Crippen LogP contribution >= 0.6 is 0 Å². The van der Waals surface area contributed by atoms with E-state index in [0.29, 0.717) is 30.6 Å². The average Bonchev–Trinajstić information content (AvgIpc) is 2.68. The summed E-state index contributed by atoms with van der Waals surface area (Å²) in [6.45, 7) is 6.58. The monoisotopic (exact) mass is 331 g/mol. The number of methoxy groups -OCH3 is 1. The molecule has 2 aromatic heterocycles. The first-order valence-electron chi connectivity index (χ1n) is 8.22. The lowest BCUT2D eigenvalue weighted by atomic mass is 10.3. The number of hydrogen-bond donors (Lipinski definition) is 1. The molecule has 1 N–H and O–H groups in total. The fourth-order valence-corrected chi connectivity index (χ4v) is 3.05. The Morgan fingerprint density at radius 3 is 2.54 bits per heavy atom. The van der Waals surface area contributed by atoms with Crippen LogP contribution in [0.1, 0.15) is 0 Å². The molecule has 2 aliphatic heterocycles. The Balaban J connectivity index is 1.84. The van der Waals surface area contributed by atoms with Gasteiger partial charge >= 0.3 is 0 Å². The summed E-state index contributed by atoms with van der Waals surface area (Å²) in [7, 11) is 1.60. The van der Waals surface area contributed by atoms with Crippen LogP contribution in [0.4, 0.5) is 11.8 Å². The minimum atomic E-state index is 0.480. The largest absolute Gasteiger partial charge is 0.479 e. The Kier molecular flexibility index (Phi) is 4.26. The quantitative estimate of drug-likeness (QED) is 0.812. The minimum absolute atomic E-state index is 0.480. The first kappa shape index (κ1) is 15.3. The minimum Gasteiger partial charge on any atom is -0.479 e. The van der Waals surface area contributed by atoms with E-state index in [2.05, 4.69) is 25.1 Å². The van der Waals surface area contributed by atoms with Gasteiger partial charge in [0.15, 0.2) is 11.3 Å². The molecule has 9 heteroatoms. The van der Waals surface area contributed by atoms with E-state index >= 15 is 0 Å². The summed E-state index contributed by atoms with van der Waals surface area (Å²) in [6.07, 6.45) is 1.50. The zero-order valence-electron chi connectivity index (χ0n) is 13.7. The Morgan fingerprint density at radius 1 is 1.00 bits per heavy atom. The Bertz CT molecular complexity index is 714. The maximum Gasteiger partial charge on any atom is 0.243 e. The maximum absolute atomic E-state index is 5.46. The second kappa shape index (κ2) is 6.70. The Labute approximate surface area is 140 Å².